The lowest BCUT2D eigenvalue weighted by atomic mass is 10.2. The first kappa shape index (κ1) is 15.0. The van der Waals surface area contributed by atoms with Crippen molar-refractivity contribution in [2.24, 2.45) is 0 Å². The molecule has 19 heavy (non-hydrogen) atoms. The molecule has 0 atom stereocenters. The monoisotopic (exact) mass is 263 g/mol. The van der Waals surface area contributed by atoms with Gasteiger partial charge in [-0.05, 0) is 30.7 Å². The third kappa shape index (κ3) is 6.45. The van der Waals surface area contributed by atoms with Crippen LogP contribution in [0.25, 0.3) is 0 Å². The Morgan fingerprint density at radius 3 is 2.26 bits per heavy atom. The van der Waals surface area contributed by atoms with Crippen LogP contribution in [0.1, 0.15) is 26.7 Å². The Kier molecular flexibility index (Phi) is 6.43. The van der Waals surface area contributed by atoms with Crippen molar-refractivity contribution >= 4 is 23.2 Å². The summed E-state index contributed by atoms with van der Waals surface area (Å²) in [6.07, 6.45) is 1.40. The summed E-state index contributed by atoms with van der Waals surface area (Å²) in [5, 5.41) is 8.68. The zero-order chi connectivity index (χ0) is 14.1. The lowest BCUT2D eigenvalue weighted by Gasteiger charge is -2.08. The lowest BCUT2D eigenvalue weighted by Crippen LogP contribution is -2.25. The van der Waals surface area contributed by atoms with Crippen LogP contribution in [0.2, 0.25) is 0 Å². The summed E-state index contributed by atoms with van der Waals surface area (Å²) in [4.78, 5) is 22.2. The van der Waals surface area contributed by atoms with Gasteiger partial charge in [0.05, 0.1) is 0 Å². The zero-order valence-electron chi connectivity index (χ0n) is 11.5. The van der Waals surface area contributed by atoms with Gasteiger partial charge in [-0.2, -0.15) is 0 Å². The van der Waals surface area contributed by atoms with Gasteiger partial charge in [-0.25, -0.2) is 0 Å². The average molecular weight is 263 g/mol. The first-order chi connectivity index (χ1) is 9.11. The molecule has 2 amide bonds. The highest BCUT2D eigenvalue weighted by molar-refractivity contribution is 5.88. The highest BCUT2D eigenvalue weighted by Crippen LogP contribution is 2.13. The van der Waals surface area contributed by atoms with Crippen LogP contribution in [0.3, 0.4) is 0 Å². The van der Waals surface area contributed by atoms with Gasteiger partial charge >= 0.3 is 0 Å². The largest absolute Gasteiger partial charge is 0.385 e. The van der Waals surface area contributed by atoms with Crippen LogP contribution >= 0.6 is 0 Å². The number of anilines is 2. The minimum absolute atomic E-state index is 0.0595. The number of carbonyl (C=O) groups is 2. The molecule has 0 unspecified atom stereocenters. The fourth-order valence-corrected chi connectivity index (χ4v) is 1.55. The van der Waals surface area contributed by atoms with Crippen LogP contribution in [0.4, 0.5) is 11.4 Å². The quantitative estimate of drug-likeness (QED) is 0.704. The Balaban J connectivity index is 2.30. The molecule has 3 N–H and O–H groups in total. The molecule has 0 radical (unpaired) electrons. The van der Waals surface area contributed by atoms with Gasteiger partial charge in [0.1, 0.15) is 0 Å². The minimum atomic E-state index is -0.0895. The van der Waals surface area contributed by atoms with Crippen molar-refractivity contribution in [1.29, 1.82) is 0 Å². The first-order valence-electron chi connectivity index (χ1n) is 6.50. The summed E-state index contributed by atoms with van der Waals surface area (Å²) in [6.45, 7) is 4.81. The van der Waals surface area contributed by atoms with E-state index in [0.717, 1.165) is 24.3 Å². The molecule has 0 fully saturated rings. The highest BCUT2D eigenvalue weighted by atomic mass is 16.2. The maximum Gasteiger partial charge on any atom is 0.221 e. The molecule has 0 saturated carbocycles. The number of carbonyl (C=O) groups excluding carboxylic acids is 2. The standard InChI is InChI=1S/C14H21N3O2/c1-3-9-16-14(19)8-10-15-12-4-6-13(7-5-12)17-11(2)18/h4-7,15H,3,8-10H2,1-2H3,(H,16,19)(H,17,18). The van der Waals surface area contributed by atoms with E-state index in [0.29, 0.717) is 13.0 Å². The highest BCUT2D eigenvalue weighted by Gasteiger charge is 2.00. The van der Waals surface area contributed by atoms with Crippen LogP contribution in [0.15, 0.2) is 24.3 Å². The molecule has 5 nitrogen and oxygen atoms in total. The Morgan fingerprint density at radius 2 is 1.68 bits per heavy atom. The van der Waals surface area contributed by atoms with E-state index in [1.54, 1.807) is 0 Å². The smallest absolute Gasteiger partial charge is 0.221 e. The van der Waals surface area contributed by atoms with Crippen LogP contribution in [0, 0.1) is 0 Å². The molecule has 0 aromatic heterocycles. The number of hydrogen-bond donors (Lipinski definition) is 3. The molecule has 1 aromatic carbocycles. The predicted molar refractivity (Wildman–Crippen MR) is 77.2 cm³/mol. The van der Waals surface area contributed by atoms with Gasteiger partial charge in [0.15, 0.2) is 0 Å². The molecular weight excluding hydrogens is 242 g/mol. The maximum atomic E-state index is 11.4. The van der Waals surface area contributed by atoms with Crippen LogP contribution in [0.5, 0.6) is 0 Å². The summed E-state index contributed by atoms with van der Waals surface area (Å²) in [7, 11) is 0. The second-order valence-corrected chi connectivity index (χ2v) is 4.29. The van der Waals surface area contributed by atoms with E-state index in [2.05, 4.69) is 16.0 Å². The zero-order valence-corrected chi connectivity index (χ0v) is 11.5. The normalized spacial score (nSPS) is 9.79. The lowest BCUT2D eigenvalue weighted by molar-refractivity contribution is -0.120. The van der Waals surface area contributed by atoms with E-state index < -0.39 is 0 Å². The van der Waals surface area contributed by atoms with Crippen LogP contribution in [-0.2, 0) is 9.59 Å². The van der Waals surface area contributed by atoms with Gasteiger partial charge in [-0.15, -0.1) is 0 Å². The summed E-state index contributed by atoms with van der Waals surface area (Å²) in [6, 6.07) is 7.38. The number of hydrogen-bond acceptors (Lipinski definition) is 3. The van der Waals surface area contributed by atoms with Crippen LogP contribution < -0.4 is 16.0 Å². The molecule has 0 bridgehead atoms. The van der Waals surface area contributed by atoms with E-state index in [4.69, 9.17) is 0 Å². The fraction of sp³-hybridized carbons (Fsp3) is 0.429. The van der Waals surface area contributed by atoms with Gasteiger partial charge in [0.25, 0.3) is 0 Å². The van der Waals surface area contributed by atoms with Gasteiger partial charge in [-0.3, -0.25) is 9.59 Å². The molecule has 0 aliphatic carbocycles. The number of rotatable bonds is 7. The third-order valence-corrected chi connectivity index (χ3v) is 2.46. The Morgan fingerprint density at radius 1 is 1.05 bits per heavy atom. The summed E-state index contributed by atoms with van der Waals surface area (Å²) in [5.41, 5.74) is 1.69. The molecule has 1 aromatic rings. The molecule has 0 heterocycles. The van der Waals surface area contributed by atoms with Crippen molar-refractivity contribution in [2.45, 2.75) is 26.7 Å². The van der Waals surface area contributed by atoms with Gasteiger partial charge in [-0.1, -0.05) is 6.92 Å². The first-order valence-corrected chi connectivity index (χ1v) is 6.50. The number of amides is 2. The Bertz CT molecular complexity index is 415. The molecule has 0 aliphatic rings. The van der Waals surface area contributed by atoms with E-state index in [1.807, 2.05) is 31.2 Å². The summed E-state index contributed by atoms with van der Waals surface area (Å²) in [5.74, 6) is -0.0301. The minimum Gasteiger partial charge on any atom is -0.385 e. The van der Waals surface area contributed by atoms with E-state index >= 15 is 0 Å². The number of benzene rings is 1. The van der Waals surface area contributed by atoms with Crippen molar-refractivity contribution in [1.82, 2.24) is 5.32 Å². The van der Waals surface area contributed by atoms with Crippen LogP contribution in [-0.4, -0.2) is 24.9 Å². The second-order valence-electron chi connectivity index (χ2n) is 4.29. The summed E-state index contributed by atoms with van der Waals surface area (Å²) >= 11 is 0. The van der Waals surface area contributed by atoms with Crippen molar-refractivity contribution in [3.05, 3.63) is 24.3 Å². The predicted octanol–water partition coefficient (Wildman–Crippen LogP) is 1.97. The molecule has 5 heteroatoms. The Hall–Kier alpha value is -2.04. The maximum absolute atomic E-state index is 11.4. The fourth-order valence-electron chi connectivity index (χ4n) is 1.55. The average Bonchev–Trinajstić information content (AvgIpc) is 2.38. The molecule has 0 saturated heterocycles. The topological polar surface area (TPSA) is 70.2 Å². The molecule has 0 spiro atoms. The van der Waals surface area contributed by atoms with Crippen molar-refractivity contribution in [2.75, 3.05) is 23.7 Å². The van der Waals surface area contributed by atoms with E-state index in [-0.39, 0.29) is 11.8 Å². The molecule has 0 aliphatic heterocycles. The van der Waals surface area contributed by atoms with Gasteiger partial charge in [0.2, 0.25) is 11.8 Å². The molecular formula is C14H21N3O2. The van der Waals surface area contributed by atoms with E-state index in [9.17, 15) is 9.59 Å². The van der Waals surface area contributed by atoms with E-state index in [1.165, 1.54) is 6.92 Å². The molecule has 104 valence electrons. The summed E-state index contributed by atoms with van der Waals surface area (Å²) < 4.78 is 0. The molecule has 1 rings (SSSR count). The SMILES string of the molecule is CCCNC(=O)CCNc1ccc(NC(C)=O)cc1. The van der Waals surface area contributed by atoms with Crippen molar-refractivity contribution < 1.29 is 9.59 Å². The number of nitrogens with one attached hydrogen (secondary N) is 3. The van der Waals surface area contributed by atoms with Gasteiger partial charge < -0.3 is 16.0 Å². The second kappa shape index (κ2) is 8.13. The van der Waals surface area contributed by atoms with Gasteiger partial charge in [0, 0.05) is 37.8 Å². The third-order valence-electron chi connectivity index (χ3n) is 2.46. The Labute approximate surface area is 113 Å². The van der Waals surface area contributed by atoms with Crippen molar-refractivity contribution in [3.63, 3.8) is 0 Å². The van der Waals surface area contributed by atoms with Crippen molar-refractivity contribution in [3.8, 4) is 0 Å².